The van der Waals surface area contributed by atoms with E-state index < -0.39 is 12.0 Å². The number of carboxylic acid groups (broad SMARTS) is 1. The summed E-state index contributed by atoms with van der Waals surface area (Å²) in [6, 6.07) is -1.09. The number of carbonyl (C=O) groups is 2. The molecule has 1 saturated heterocycles. The first kappa shape index (κ1) is 12.0. The van der Waals surface area contributed by atoms with E-state index in [4.69, 9.17) is 5.11 Å². The number of nitrogens with one attached hydrogen (secondary N) is 1. The van der Waals surface area contributed by atoms with Gasteiger partial charge in [0.05, 0.1) is 0 Å². The minimum Gasteiger partial charge on any atom is -0.480 e. The highest BCUT2D eigenvalue weighted by Crippen LogP contribution is 2.10. The Kier molecular flexibility index (Phi) is 4.55. The number of hydrogen-bond donors (Lipinski definition) is 2. The van der Waals surface area contributed by atoms with Crippen molar-refractivity contribution in [3.8, 4) is 0 Å². The molecule has 1 heterocycles. The van der Waals surface area contributed by atoms with Crippen molar-refractivity contribution in [1.82, 2.24) is 10.2 Å². The van der Waals surface area contributed by atoms with E-state index in [1.54, 1.807) is 4.90 Å². The van der Waals surface area contributed by atoms with Crippen LogP contribution < -0.4 is 5.32 Å². The lowest BCUT2D eigenvalue weighted by Gasteiger charge is -2.23. The topological polar surface area (TPSA) is 69.6 Å². The van der Waals surface area contributed by atoms with Gasteiger partial charge in [-0.3, -0.25) is 10.1 Å². The Hall–Kier alpha value is -1.10. The number of hydrogen-bond acceptors (Lipinski definition) is 3. The van der Waals surface area contributed by atoms with Crippen LogP contribution in [0.15, 0.2) is 0 Å². The van der Waals surface area contributed by atoms with Crippen LogP contribution in [0.1, 0.15) is 25.7 Å². The molecule has 1 fully saturated rings. The maximum atomic E-state index is 11.8. The summed E-state index contributed by atoms with van der Waals surface area (Å²) in [6.07, 6.45) is 4.20. The summed E-state index contributed by atoms with van der Waals surface area (Å²) >= 11 is 0. The van der Waals surface area contributed by atoms with E-state index in [0.29, 0.717) is 13.1 Å². The molecule has 5 nitrogen and oxygen atoms in total. The number of likely N-dealkylation sites (N-methyl/N-ethyl adjacent to an activating group) is 1. The predicted molar refractivity (Wildman–Crippen MR) is 55.5 cm³/mol. The minimum atomic E-state index is -1.10. The van der Waals surface area contributed by atoms with Gasteiger partial charge in [-0.1, -0.05) is 12.8 Å². The number of amides is 1. The first-order chi connectivity index (χ1) is 7.16. The monoisotopic (exact) mass is 214 g/mol. The molecule has 2 N–H and O–H groups in total. The van der Waals surface area contributed by atoms with E-state index >= 15 is 0 Å². The molecule has 1 amide bonds. The average molecular weight is 214 g/mol. The molecular formula is C10H18N2O3. The number of aliphatic carboxylic acids is 1. The molecule has 5 heteroatoms. The third-order valence-electron chi connectivity index (χ3n) is 2.70. The highest BCUT2D eigenvalue weighted by molar-refractivity contribution is 6.01. The van der Waals surface area contributed by atoms with Gasteiger partial charge in [0, 0.05) is 13.1 Å². The summed E-state index contributed by atoms with van der Waals surface area (Å²) < 4.78 is 0. The van der Waals surface area contributed by atoms with E-state index in [0.717, 1.165) is 25.7 Å². The molecule has 0 aromatic rings. The van der Waals surface area contributed by atoms with Crippen LogP contribution in [0.2, 0.25) is 0 Å². The van der Waals surface area contributed by atoms with Gasteiger partial charge in [0.1, 0.15) is 0 Å². The Labute approximate surface area is 89.4 Å². The summed E-state index contributed by atoms with van der Waals surface area (Å²) in [5.74, 6) is -1.42. The summed E-state index contributed by atoms with van der Waals surface area (Å²) in [5.41, 5.74) is 0. The smallest absolute Gasteiger partial charge is 0.330 e. The molecule has 0 spiro atoms. The van der Waals surface area contributed by atoms with Crippen LogP contribution in [0.25, 0.3) is 0 Å². The molecule has 15 heavy (non-hydrogen) atoms. The summed E-state index contributed by atoms with van der Waals surface area (Å²) in [5, 5.41) is 11.4. The largest absolute Gasteiger partial charge is 0.480 e. The Morgan fingerprint density at radius 2 is 1.73 bits per heavy atom. The molecule has 1 aliphatic rings. The lowest BCUT2D eigenvalue weighted by Crippen LogP contribution is -2.50. The molecule has 86 valence electrons. The average Bonchev–Trinajstić information content (AvgIpc) is 2.45. The van der Waals surface area contributed by atoms with Crippen molar-refractivity contribution in [3.05, 3.63) is 0 Å². The standard InChI is InChI=1S/C10H18N2O3/c1-11-8(10(14)15)9(13)12-6-4-2-3-5-7-12/h8,11H,2-7H2,1H3,(H,14,15). The summed E-state index contributed by atoms with van der Waals surface area (Å²) in [7, 11) is 1.49. The zero-order valence-corrected chi connectivity index (χ0v) is 9.03. The van der Waals surface area contributed by atoms with Crippen LogP contribution in [-0.4, -0.2) is 48.1 Å². The van der Waals surface area contributed by atoms with Crippen LogP contribution in [0.5, 0.6) is 0 Å². The van der Waals surface area contributed by atoms with Gasteiger partial charge in [0.15, 0.2) is 6.04 Å². The van der Waals surface area contributed by atoms with Crippen molar-refractivity contribution in [1.29, 1.82) is 0 Å². The zero-order chi connectivity index (χ0) is 11.3. The summed E-state index contributed by atoms with van der Waals surface area (Å²) in [6.45, 7) is 1.37. The molecule has 0 bridgehead atoms. The van der Waals surface area contributed by atoms with Crippen molar-refractivity contribution in [2.45, 2.75) is 31.7 Å². The van der Waals surface area contributed by atoms with Gasteiger partial charge >= 0.3 is 5.97 Å². The second-order valence-corrected chi connectivity index (χ2v) is 3.80. The number of rotatable bonds is 3. The maximum Gasteiger partial charge on any atom is 0.330 e. The van der Waals surface area contributed by atoms with E-state index in [1.165, 1.54) is 7.05 Å². The molecule has 0 saturated carbocycles. The van der Waals surface area contributed by atoms with Gasteiger partial charge in [0.2, 0.25) is 0 Å². The number of nitrogens with zero attached hydrogens (tertiary/aromatic N) is 1. The Morgan fingerprint density at radius 1 is 1.20 bits per heavy atom. The molecule has 1 unspecified atom stereocenters. The second kappa shape index (κ2) is 5.70. The fourth-order valence-corrected chi connectivity index (χ4v) is 1.83. The third kappa shape index (κ3) is 3.20. The normalized spacial score (nSPS) is 19.4. The van der Waals surface area contributed by atoms with Crippen LogP contribution in [0.4, 0.5) is 0 Å². The van der Waals surface area contributed by atoms with E-state index in [1.807, 2.05) is 0 Å². The van der Waals surface area contributed by atoms with Gasteiger partial charge in [0.25, 0.3) is 5.91 Å². The van der Waals surface area contributed by atoms with Crippen LogP contribution in [-0.2, 0) is 9.59 Å². The molecule has 0 aromatic carbocycles. The number of carboxylic acids is 1. The predicted octanol–water partition coefficient (Wildman–Crippen LogP) is 0.0616. The minimum absolute atomic E-state index is 0.313. The molecule has 0 aromatic heterocycles. The molecule has 1 aliphatic heterocycles. The van der Waals surface area contributed by atoms with Crippen molar-refractivity contribution in [2.75, 3.05) is 20.1 Å². The van der Waals surface area contributed by atoms with Crippen molar-refractivity contribution >= 4 is 11.9 Å². The molecule has 0 aliphatic carbocycles. The van der Waals surface area contributed by atoms with Gasteiger partial charge in [-0.15, -0.1) is 0 Å². The first-order valence-corrected chi connectivity index (χ1v) is 5.35. The SMILES string of the molecule is CNC(C(=O)O)C(=O)N1CCCCCC1. The molecule has 1 rings (SSSR count). The Balaban J connectivity index is 2.59. The first-order valence-electron chi connectivity index (χ1n) is 5.35. The van der Waals surface area contributed by atoms with Crippen LogP contribution in [0.3, 0.4) is 0 Å². The summed E-state index contributed by atoms with van der Waals surface area (Å²) in [4.78, 5) is 24.3. The fourth-order valence-electron chi connectivity index (χ4n) is 1.83. The number of carbonyl (C=O) groups excluding carboxylic acids is 1. The van der Waals surface area contributed by atoms with E-state index in [-0.39, 0.29) is 5.91 Å². The molecular weight excluding hydrogens is 196 g/mol. The van der Waals surface area contributed by atoms with Gasteiger partial charge < -0.3 is 10.0 Å². The van der Waals surface area contributed by atoms with E-state index in [2.05, 4.69) is 5.32 Å². The van der Waals surface area contributed by atoms with E-state index in [9.17, 15) is 9.59 Å². The quantitative estimate of drug-likeness (QED) is 0.652. The molecule has 0 radical (unpaired) electrons. The highest BCUT2D eigenvalue weighted by atomic mass is 16.4. The lowest BCUT2D eigenvalue weighted by molar-refractivity contribution is -0.147. The van der Waals surface area contributed by atoms with Crippen molar-refractivity contribution in [3.63, 3.8) is 0 Å². The number of likely N-dealkylation sites (tertiary alicyclic amines) is 1. The maximum absolute atomic E-state index is 11.8. The zero-order valence-electron chi connectivity index (χ0n) is 9.03. The second-order valence-electron chi connectivity index (χ2n) is 3.80. The van der Waals surface area contributed by atoms with Gasteiger partial charge in [-0.25, -0.2) is 4.79 Å². The van der Waals surface area contributed by atoms with Gasteiger partial charge in [-0.2, -0.15) is 0 Å². The Bertz CT molecular complexity index is 235. The van der Waals surface area contributed by atoms with Crippen LogP contribution >= 0.6 is 0 Å². The Morgan fingerprint density at radius 3 is 2.13 bits per heavy atom. The van der Waals surface area contributed by atoms with Crippen molar-refractivity contribution in [2.24, 2.45) is 0 Å². The van der Waals surface area contributed by atoms with Crippen LogP contribution in [0, 0.1) is 0 Å². The highest BCUT2D eigenvalue weighted by Gasteiger charge is 2.29. The third-order valence-corrected chi connectivity index (χ3v) is 2.70. The van der Waals surface area contributed by atoms with Gasteiger partial charge in [-0.05, 0) is 19.9 Å². The lowest BCUT2D eigenvalue weighted by atomic mass is 10.2. The fraction of sp³-hybridized carbons (Fsp3) is 0.800. The molecule has 1 atom stereocenters. The van der Waals surface area contributed by atoms with Crippen molar-refractivity contribution < 1.29 is 14.7 Å².